The minimum atomic E-state index is -0.182. The topological polar surface area (TPSA) is 3.24 Å². The largest absolute Gasteiger partial charge is 0.305 e. The summed E-state index contributed by atoms with van der Waals surface area (Å²) in [6.07, 6.45) is 0. The first-order valence-corrected chi connectivity index (χ1v) is 7.98. The number of hydrogen-bond acceptors (Lipinski definition) is 2. The highest BCUT2D eigenvalue weighted by molar-refractivity contribution is 7.99. The van der Waals surface area contributed by atoms with Crippen LogP contribution in [0, 0.1) is 5.82 Å². The Morgan fingerprint density at radius 2 is 1.71 bits per heavy atom. The van der Waals surface area contributed by atoms with E-state index in [4.69, 9.17) is 0 Å². The molecule has 0 unspecified atom stereocenters. The van der Waals surface area contributed by atoms with Crippen LogP contribution in [0.25, 0.3) is 0 Å². The first kappa shape index (κ1) is 16.1. The van der Waals surface area contributed by atoms with E-state index in [9.17, 15) is 4.39 Å². The standard InChI is InChI=1S/C18H22FNS/c1-13(2)14-6-9-17(10-7-14)21-18-11-16(19)8-5-15(18)12-20(3)4/h5-11,13H,12H2,1-4H3. The lowest BCUT2D eigenvalue weighted by molar-refractivity contribution is 0.398. The minimum Gasteiger partial charge on any atom is -0.305 e. The van der Waals surface area contributed by atoms with Crippen LogP contribution in [0.15, 0.2) is 52.3 Å². The molecule has 2 aromatic rings. The first-order chi connectivity index (χ1) is 9.95. The summed E-state index contributed by atoms with van der Waals surface area (Å²) in [5.74, 6) is 0.348. The third kappa shape index (κ3) is 4.58. The Hall–Kier alpha value is -1.32. The second-order valence-electron chi connectivity index (χ2n) is 5.82. The fourth-order valence-electron chi connectivity index (χ4n) is 2.14. The number of rotatable bonds is 5. The van der Waals surface area contributed by atoms with Gasteiger partial charge in [-0.05, 0) is 55.4 Å². The maximum Gasteiger partial charge on any atom is 0.124 e. The van der Waals surface area contributed by atoms with Gasteiger partial charge >= 0.3 is 0 Å². The van der Waals surface area contributed by atoms with E-state index in [-0.39, 0.29) is 5.82 Å². The molecule has 1 nitrogen and oxygen atoms in total. The second kappa shape index (κ2) is 7.10. The van der Waals surface area contributed by atoms with Crippen LogP contribution < -0.4 is 0 Å². The average molecular weight is 303 g/mol. The third-order valence-electron chi connectivity index (χ3n) is 3.29. The van der Waals surface area contributed by atoms with Crippen molar-refractivity contribution in [1.29, 1.82) is 0 Å². The molecule has 0 aliphatic rings. The molecule has 0 fully saturated rings. The zero-order chi connectivity index (χ0) is 15.4. The quantitative estimate of drug-likeness (QED) is 0.750. The highest BCUT2D eigenvalue weighted by Gasteiger charge is 2.08. The normalized spacial score (nSPS) is 11.4. The molecule has 2 aromatic carbocycles. The summed E-state index contributed by atoms with van der Waals surface area (Å²) < 4.78 is 13.5. The minimum absolute atomic E-state index is 0.182. The van der Waals surface area contributed by atoms with Gasteiger partial charge in [-0.2, -0.15) is 0 Å². The van der Waals surface area contributed by atoms with E-state index < -0.39 is 0 Å². The third-order valence-corrected chi connectivity index (χ3v) is 4.40. The van der Waals surface area contributed by atoms with Crippen LogP contribution in [-0.4, -0.2) is 19.0 Å². The van der Waals surface area contributed by atoms with Crippen LogP contribution in [0.3, 0.4) is 0 Å². The van der Waals surface area contributed by atoms with Crippen molar-refractivity contribution in [3.63, 3.8) is 0 Å². The van der Waals surface area contributed by atoms with Crippen LogP contribution in [-0.2, 0) is 6.54 Å². The van der Waals surface area contributed by atoms with Crippen molar-refractivity contribution in [2.75, 3.05) is 14.1 Å². The summed E-state index contributed by atoms with van der Waals surface area (Å²) in [6.45, 7) is 5.18. The van der Waals surface area contributed by atoms with Crippen molar-refractivity contribution in [1.82, 2.24) is 4.90 Å². The predicted octanol–water partition coefficient (Wildman–Crippen LogP) is 5.16. The molecule has 0 spiro atoms. The van der Waals surface area contributed by atoms with Gasteiger partial charge in [0.25, 0.3) is 0 Å². The molecule has 0 aliphatic carbocycles. The Morgan fingerprint density at radius 3 is 2.29 bits per heavy atom. The van der Waals surface area contributed by atoms with Crippen LogP contribution in [0.4, 0.5) is 4.39 Å². The lowest BCUT2D eigenvalue weighted by Gasteiger charge is -2.14. The van der Waals surface area contributed by atoms with Gasteiger partial charge in [0.2, 0.25) is 0 Å². The Labute approximate surface area is 131 Å². The van der Waals surface area contributed by atoms with Gasteiger partial charge in [0.15, 0.2) is 0 Å². The molecule has 0 saturated carbocycles. The maximum absolute atomic E-state index is 13.5. The molecular weight excluding hydrogens is 281 g/mol. The first-order valence-electron chi connectivity index (χ1n) is 7.16. The molecule has 0 aliphatic heterocycles. The van der Waals surface area contributed by atoms with Gasteiger partial charge in [0.1, 0.15) is 5.82 Å². The molecule has 112 valence electrons. The van der Waals surface area contributed by atoms with Crippen molar-refractivity contribution in [2.45, 2.75) is 36.1 Å². The number of halogens is 1. The summed E-state index contributed by atoms with van der Waals surface area (Å²) in [5, 5.41) is 0. The summed E-state index contributed by atoms with van der Waals surface area (Å²) in [4.78, 5) is 4.23. The molecule has 0 N–H and O–H groups in total. The molecule has 0 atom stereocenters. The van der Waals surface area contributed by atoms with Crippen molar-refractivity contribution >= 4 is 11.8 Å². The number of benzene rings is 2. The van der Waals surface area contributed by atoms with Crippen LogP contribution in [0.2, 0.25) is 0 Å². The van der Waals surface area contributed by atoms with E-state index >= 15 is 0 Å². The van der Waals surface area contributed by atoms with E-state index in [0.717, 1.165) is 21.9 Å². The molecule has 0 saturated heterocycles. The molecule has 21 heavy (non-hydrogen) atoms. The van der Waals surface area contributed by atoms with Gasteiger partial charge in [-0.1, -0.05) is 43.8 Å². The van der Waals surface area contributed by atoms with E-state index in [2.05, 4.69) is 43.0 Å². The number of nitrogens with zero attached hydrogens (tertiary/aromatic N) is 1. The van der Waals surface area contributed by atoms with Crippen molar-refractivity contribution in [3.8, 4) is 0 Å². The van der Waals surface area contributed by atoms with Gasteiger partial charge in [-0.25, -0.2) is 4.39 Å². The van der Waals surface area contributed by atoms with E-state index in [1.54, 1.807) is 17.8 Å². The average Bonchev–Trinajstić information content (AvgIpc) is 2.42. The monoisotopic (exact) mass is 303 g/mol. The van der Waals surface area contributed by atoms with E-state index in [1.807, 2.05) is 20.2 Å². The van der Waals surface area contributed by atoms with Gasteiger partial charge < -0.3 is 4.90 Å². The molecular formula is C18H22FNS. The lowest BCUT2D eigenvalue weighted by Crippen LogP contribution is -2.11. The smallest absolute Gasteiger partial charge is 0.124 e. The Kier molecular flexibility index (Phi) is 5.43. The van der Waals surface area contributed by atoms with Crippen molar-refractivity contribution in [2.24, 2.45) is 0 Å². The predicted molar refractivity (Wildman–Crippen MR) is 88.4 cm³/mol. The van der Waals surface area contributed by atoms with Gasteiger partial charge in [0.05, 0.1) is 0 Å². The second-order valence-corrected chi connectivity index (χ2v) is 6.93. The van der Waals surface area contributed by atoms with Crippen LogP contribution >= 0.6 is 11.8 Å². The van der Waals surface area contributed by atoms with Crippen LogP contribution in [0.5, 0.6) is 0 Å². The zero-order valence-electron chi connectivity index (χ0n) is 13.1. The van der Waals surface area contributed by atoms with Gasteiger partial charge in [-0.15, -0.1) is 0 Å². The van der Waals surface area contributed by atoms with Crippen LogP contribution in [0.1, 0.15) is 30.9 Å². The highest BCUT2D eigenvalue weighted by atomic mass is 32.2. The van der Waals surface area contributed by atoms with Gasteiger partial charge in [-0.3, -0.25) is 0 Å². The Bertz CT molecular complexity index is 591. The van der Waals surface area contributed by atoms with Crippen molar-refractivity contribution < 1.29 is 4.39 Å². The fraction of sp³-hybridized carbons (Fsp3) is 0.333. The molecule has 0 radical (unpaired) electrons. The van der Waals surface area contributed by atoms with E-state index in [0.29, 0.717) is 5.92 Å². The van der Waals surface area contributed by atoms with Gasteiger partial charge in [0, 0.05) is 16.3 Å². The van der Waals surface area contributed by atoms with E-state index in [1.165, 1.54) is 11.6 Å². The summed E-state index contributed by atoms with van der Waals surface area (Å²) >= 11 is 1.62. The molecule has 0 aromatic heterocycles. The summed E-state index contributed by atoms with van der Waals surface area (Å²) in [5.41, 5.74) is 2.48. The van der Waals surface area contributed by atoms with Crippen molar-refractivity contribution in [3.05, 3.63) is 59.4 Å². The fourth-order valence-corrected chi connectivity index (χ4v) is 3.10. The zero-order valence-corrected chi connectivity index (χ0v) is 13.9. The molecule has 0 heterocycles. The summed E-state index contributed by atoms with van der Waals surface area (Å²) in [6, 6.07) is 13.6. The molecule has 2 rings (SSSR count). The Balaban J connectivity index is 2.23. The SMILES string of the molecule is CC(C)c1ccc(Sc2cc(F)ccc2CN(C)C)cc1. The molecule has 3 heteroatoms. The summed E-state index contributed by atoms with van der Waals surface area (Å²) in [7, 11) is 4.05. The lowest BCUT2D eigenvalue weighted by atomic mass is 10.0. The molecule has 0 bridgehead atoms. The maximum atomic E-state index is 13.5. The molecule has 0 amide bonds. The number of hydrogen-bond donors (Lipinski definition) is 0. The Morgan fingerprint density at radius 1 is 1.05 bits per heavy atom. The highest BCUT2D eigenvalue weighted by Crippen LogP contribution is 2.32.